The molecule has 1 rings (SSSR count). The molecule has 100 valence electrons. The number of carbonyl (C=O) groups is 1. The molecule has 1 aromatic heterocycles. The Labute approximate surface area is 107 Å². The summed E-state index contributed by atoms with van der Waals surface area (Å²) < 4.78 is 4.96. The maximum absolute atomic E-state index is 11.4. The van der Waals surface area contributed by atoms with Crippen molar-refractivity contribution >= 4 is 11.7 Å². The summed E-state index contributed by atoms with van der Waals surface area (Å²) in [5.41, 5.74) is 0.335. The molecule has 0 bridgehead atoms. The minimum absolute atomic E-state index is 0.198. The predicted octanol–water partition coefficient (Wildman–Crippen LogP) is 1.06. The second-order valence-corrected chi connectivity index (χ2v) is 3.79. The van der Waals surface area contributed by atoms with Crippen molar-refractivity contribution in [3.63, 3.8) is 0 Å². The number of hydrogen-bond donors (Lipinski definition) is 2. The normalized spacial score (nSPS) is 10.1. The Bertz CT molecular complexity index is 354. The zero-order valence-corrected chi connectivity index (χ0v) is 10.9. The first-order valence-electron chi connectivity index (χ1n) is 6.12. The van der Waals surface area contributed by atoms with E-state index in [1.165, 1.54) is 0 Å². The fourth-order valence-electron chi connectivity index (χ4n) is 1.39. The van der Waals surface area contributed by atoms with Crippen LogP contribution in [-0.4, -0.2) is 42.9 Å². The van der Waals surface area contributed by atoms with Crippen LogP contribution in [0.1, 0.15) is 30.3 Å². The summed E-state index contributed by atoms with van der Waals surface area (Å²) >= 11 is 0. The second-order valence-electron chi connectivity index (χ2n) is 3.79. The molecule has 18 heavy (non-hydrogen) atoms. The number of nitrogens with zero attached hydrogens (tertiary/aromatic N) is 2. The lowest BCUT2D eigenvalue weighted by Gasteiger charge is -2.05. The van der Waals surface area contributed by atoms with Crippen LogP contribution in [0.15, 0.2) is 12.1 Å². The van der Waals surface area contributed by atoms with Crippen LogP contribution < -0.4 is 10.6 Å². The van der Waals surface area contributed by atoms with E-state index in [-0.39, 0.29) is 5.91 Å². The van der Waals surface area contributed by atoms with E-state index >= 15 is 0 Å². The monoisotopic (exact) mass is 252 g/mol. The van der Waals surface area contributed by atoms with Crippen molar-refractivity contribution in [1.82, 2.24) is 15.5 Å². The van der Waals surface area contributed by atoms with E-state index < -0.39 is 0 Å². The van der Waals surface area contributed by atoms with Gasteiger partial charge in [-0.05, 0) is 31.9 Å². The van der Waals surface area contributed by atoms with E-state index in [0.717, 1.165) is 26.0 Å². The largest absolute Gasteiger partial charge is 0.385 e. The molecule has 0 fully saturated rings. The Morgan fingerprint density at radius 1 is 1.33 bits per heavy atom. The number of aromatic nitrogens is 2. The lowest BCUT2D eigenvalue weighted by atomic mass is 10.3. The summed E-state index contributed by atoms with van der Waals surface area (Å²) in [4.78, 5) is 11.4. The van der Waals surface area contributed by atoms with E-state index in [0.29, 0.717) is 18.1 Å². The average molecular weight is 252 g/mol. The fourth-order valence-corrected chi connectivity index (χ4v) is 1.39. The highest BCUT2D eigenvalue weighted by molar-refractivity contribution is 5.92. The number of rotatable bonds is 8. The van der Waals surface area contributed by atoms with Crippen LogP contribution in [0, 0.1) is 0 Å². The van der Waals surface area contributed by atoms with Crippen molar-refractivity contribution < 1.29 is 9.53 Å². The van der Waals surface area contributed by atoms with Crippen molar-refractivity contribution in [1.29, 1.82) is 0 Å². The number of unbranched alkanes of at least 4 members (excludes halogenated alkanes) is 1. The number of nitrogens with one attached hydrogen (secondary N) is 2. The Balaban J connectivity index is 2.33. The van der Waals surface area contributed by atoms with Crippen molar-refractivity contribution in [2.24, 2.45) is 0 Å². The van der Waals surface area contributed by atoms with Crippen LogP contribution in [0.3, 0.4) is 0 Å². The van der Waals surface area contributed by atoms with Gasteiger partial charge >= 0.3 is 0 Å². The number of amides is 1. The van der Waals surface area contributed by atoms with Gasteiger partial charge in [0.25, 0.3) is 5.91 Å². The van der Waals surface area contributed by atoms with Crippen molar-refractivity contribution in [2.45, 2.75) is 19.8 Å². The molecule has 0 aliphatic rings. The van der Waals surface area contributed by atoms with Crippen LogP contribution in [0.2, 0.25) is 0 Å². The summed E-state index contributed by atoms with van der Waals surface area (Å²) in [6.07, 6.45) is 2.02. The molecule has 0 aliphatic heterocycles. The molecule has 0 saturated heterocycles. The second kappa shape index (κ2) is 8.41. The highest BCUT2D eigenvalue weighted by Crippen LogP contribution is 2.02. The van der Waals surface area contributed by atoms with Crippen molar-refractivity contribution in [3.8, 4) is 0 Å². The van der Waals surface area contributed by atoms with Gasteiger partial charge in [-0.1, -0.05) is 0 Å². The Morgan fingerprint density at radius 2 is 2.17 bits per heavy atom. The molecule has 0 aromatic carbocycles. The van der Waals surface area contributed by atoms with E-state index in [9.17, 15) is 4.79 Å². The van der Waals surface area contributed by atoms with Gasteiger partial charge in [0.05, 0.1) is 0 Å². The third kappa shape index (κ3) is 5.09. The molecule has 0 spiro atoms. The quantitative estimate of drug-likeness (QED) is 0.677. The SMILES string of the molecule is CCNC(=O)c1ccc(NCCCCOC)nn1. The summed E-state index contributed by atoms with van der Waals surface area (Å²) in [5.74, 6) is 0.483. The van der Waals surface area contributed by atoms with Crippen LogP contribution >= 0.6 is 0 Å². The first-order valence-corrected chi connectivity index (χ1v) is 6.12. The van der Waals surface area contributed by atoms with Crippen LogP contribution in [0.5, 0.6) is 0 Å². The zero-order chi connectivity index (χ0) is 13.2. The van der Waals surface area contributed by atoms with Crippen molar-refractivity contribution in [2.75, 3.05) is 32.1 Å². The molecule has 0 unspecified atom stereocenters. The van der Waals surface area contributed by atoms with Gasteiger partial charge in [-0.15, -0.1) is 10.2 Å². The molecule has 1 heterocycles. The smallest absolute Gasteiger partial charge is 0.271 e. The van der Waals surface area contributed by atoms with E-state index in [1.54, 1.807) is 19.2 Å². The van der Waals surface area contributed by atoms with Gasteiger partial charge < -0.3 is 15.4 Å². The number of methoxy groups -OCH3 is 1. The predicted molar refractivity (Wildman–Crippen MR) is 69.6 cm³/mol. The lowest BCUT2D eigenvalue weighted by Crippen LogP contribution is -2.24. The number of hydrogen-bond acceptors (Lipinski definition) is 5. The molecule has 0 aliphatic carbocycles. The van der Waals surface area contributed by atoms with Crippen molar-refractivity contribution in [3.05, 3.63) is 17.8 Å². The van der Waals surface area contributed by atoms with Gasteiger partial charge in [0.2, 0.25) is 0 Å². The molecule has 0 saturated carbocycles. The molecule has 1 amide bonds. The van der Waals surface area contributed by atoms with Gasteiger partial charge in [0.15, 0.2) is 5.69 Å². The molecule has 0 atom stereocenters. The summed E-state index contributed by atoms with van der Waals surface area (Å²) in [6, 6.07) is 3.42. The Hall–Kier alpha value is -1.69. The molecule has 1 aromatic rings. The van der Waals surface area contributed by atoms with Gasteiger partial charge in [-0.3, -0.25) is 4.79 Å². The first kappa shape index (κ1) is 14.4. The maximum atomic E-state index is 11.4. The Kier molecular flexibility index (Phi) is 6.71. The minimum Gasteiger partial charge on any atom is -0.385 e. The molecular weight excluding hydrogens is 232 g/mol. The Morgan fingerprint density at radius 3 is 2.78 bits per heavy atom. The number of ether oxygens (including phenoxy) is 1. The fraction of sp³-hybridized carbons (Fsp3) is 0.583. The zero-order valence-electron chi connectivity index (χ0n) is 10.9. The minimum atomic E-state index is -0.198. The highest BCUT2D eigenvalue weighted by atomic mass is 16.5. The molecule has 6 nitrogen and oxygen atoms in total. The summed E-state index contributed by atoms with van der Waals surface area (Å²) in [6.45, 7) is 4.03. The lowest BCUT2D eigenvalue weighted by molar-refractivity contribution is 0.0950. The topological polar surface area (TPSA) is 76.1 Å². The number of carbonyl (C=O) groups excluding carboxylic acids is 1. The van der Waals surface area contributed by atoms with E-state index in [4.69, 9.17) is 4.74 Å². The van der Waals surface area contributed by atoms with Gasteiger partial charge in [0, 0.05) is 26.8 Å². The van der Waals surface area contributed by atoms with E-state index in [1.807, 2.05) is 6.92 Å². The first-order chi connectivity index (χ1) is 8.77. The highest BCUT2D eigenvalue weighted by Gasteiger charge is 2.05. The van der Waals surface area contributed by atoms with Crippen LogP contribution in [-0.2, 0) is 4.74 Å². The van der Waals surface area contributed by atoms with Crippen LogP contribution in [0.4, 0.5) is 5.82 Å². The third-order valence-electron chi connectivity index (χ3n) is 2.32. The third-order valence-corrected chi connectivity index (χ3v) is 2.32. The standard InChI is InChI=1S/C12H20N4O2/c1-3-13-12(17)10-6-7-11(16-15-10)14-8-4-5-9-18-2/h6-7H,3-5,8-9H2,1-2H3,(H,13,17)(H,14,16). The molecular formula is C12H20N4O2. The number of anilines is 1. The molecule has 6 heteroatoms. The van der Waals surface area contributed by atoms with Crippen LogP contribution in [0.25, 0.3) is 0 Å². The summed E-state index contributed by atoms with van der Waals surface area (Å²) in [5, 5.41) is 13.6. The molecule has 2 N–H and O–H groups in total. The van der Waals surface area contributed by atoms with Gasteiger partial charge in [0.1, 0.15) is 5.82 Å². The van der Waals surface area contributed by atoms with Gasteiger partial charge in [-0.25, -0.2) is 0 Å². The average Bonchev–Trinajstić information content (AvgIpc) is 2.39. The van der Waals surface area contributed by atoms with E-state index in [2.05, 4.69) is 20.8 Å². The van der Waals surface area contributed by atoms with Gasteiger partial charge in [-0.2, -0.15) is 0 Å². The summed E-state index contributed by atoms with van der Waals surface area (Å²) in [7, 11) is 1.69. The molecule has 0 radical (unpaired) electrons. The maximum Gasteiger partial charge on any atom is 0.271 e.